The maximum absolute atomic E-state index is 12.3. The molecule has 2 N–H and O–H groups in total. The van der Waals surface area contributed by atoms with Crippen LogP contribution in [0.3, 0.4) is 0 Å². The lowest BCUT2D eigenvalue weighted by atomic mass is 10.1. The highest BCUT2D eigenvalue weighted by Crippen LogP contribution is 2.22. The molecule has 1 heterocycles. The molecule has 4 nitrogen and oxygen atoms in total. The fourth-order valence-corrected chi connectivity index (χ4v) is 3.50. The normalized spacial score (nSPS) is 16.2. The summed E-state index contributed by atoms with van der Waals surface area (Å²) in [6.07, 6.45) is 7.91. The van der Waals surface area contributed by atoms with Gasteiger partial charge in [-0.15, -0.1) is 0 Å². The number of amides is 1. The second-order valence-electron chi connectivity index (χ2n) is 6.88. The first-order chi connectivity index (χ1) is 11.6. The number of ether oxygens (including phenoxy) is 1. The van der Waals surface area contributed by atoms with Crippen LogP contribution in [0.15, 0.2) is 18.2 Å². The van der Waals surface area contributed by atoms with Crippen LogP contribution >= 0.6 is 0 Å². The number of fused-ring (bicyclic) bond motifs is 1. The third-order valence-corrected chi connectivity index (χ3v) is 5.11. The van der Waals surface area contributed by atoms with Crippen LogP contribution in [0.25, 0.3) is 10.9 Å². The molecule has 0 atom stereocenters. The highest BCUT2D eigenvalue weighted by atomic mass is 16.5. The first-order valence-corrected chi connectivity index (χ1v) is 9.14. The molecule has 1 aromatic carbocycles. The minimum Gasteiger partial charge on any atom is -0.376 e. The zero-order chi connectivity index (χ0) is 16.9. The number of aromatic amines is 1. The molecule has 1 aliphatic rings. The van der Waals surface area contributed by atoms with Crippen LogP contribution in [0.2, 0.25) is 0 Å². The quantitative estimate of drug-likeness (QED) is 0.637. The van der Waals surface area contributed by atoms with E-state index >= 15 is 0 Å². The Kier molecular flexibility index (Phi) is 5.56. The van der Waals surface area contributed by atoms with Crippen molar-refractivity contribution in [3.8, 4) is 0 Å². The minimum absolute atomic E-state index is 0.0281. The summed E-state index contributed by atoms with van der Waals surface area (Å²) >= 11 is 0. The van der Waals surface area contributed by atoms with Crippen LogP contribution < -0.4 is 5.32 Å². The van der Waals surface area contributed by atoms with E-state index < -0.39 is 0 Å². The summed E-state index contributed by atoms with van der Waals surface area (Å²) in [5, 5.41) is 4.09. The largest absolute Gasteiger partial charge is 0.376 e. The van der Waals surface area contributed by atoms with Gasteiger partial charge < -0.3 is 15.0 Å². The van der Waals surface area contributed by atoms with Crippen LogP contribution in [-0.4, -0.2) is 30.1 Å². The van der Waals surface area contributed by atoms with Gasteiger partial charge in [0, 0.05) is 28.7 Å². The fraction of sp³-hybridized carbons (Fsp3) is 0.550. The maximum atomic E-state index is 12.3. The zero-order valence-electron chi connectivity index (χ0n) is 14.8. The van der Waals surface area contributed by atoms with Gasteiger partial charge in [0.05, 0.1) is 12.7 Å². The Bertz CT molecular complexity index is 697. The standard InChI is InChI=1S/C20H28N2O2/c1-14-15(2)22-19-10-9-16(13-18(14)19)20(23)21-11-12-24-17-7-5-3-4-6-8-17/h9-10,13,17,22H,3-8,11-12H2,1-2H3,(H,21,23). The molecule has 130 valence electrons. The summed E-state index contributed by atoms with van der Waals surface area (Å²) < 4.78 is 5.92. The Morgan fingerprint density at radius 1 is 1.21 bits per heavy atom. The number of aromatic nitrogens is 1. The Balaban J connectivity index is 1.50. The molecule has 1 amide bonds. The SMILES string of the molecule is Cc1[nH]c2ccc(C(=O)NCCOC3CCCCCC3)cc2c1C. The Labute approximate surface area is 144 Å². The molecule has 4 heteroatoms. The minimum atomic E-state index is -0.0281. The summed E-state index contributed by atoms with van der Waals surface area (Å²) in [4.78, 5) is 15.7. The van der Waals surface area contributed by atoms with Gasteiger partial charge in [-0.2, -0.15) is 0 Å². The maximum Gasteiger partial charge on any atom is 0.251 e. The van der Waals surface area contributed by atoms with Crippen molar-refractivity contribution >= 4 is 16.8 Å². The van der Waals surface area contributed by atoms with Crippen molar-refractivity contribution in [1.82, 2.24) is 10.3 Å². The molecule has 1 aliphatic carbocycles. The van der Waals surface area contributed by atoms with E-state index in [0.717, 1.165) is 29.4 Å². The highest BCUT2D eigenvalue weighted by molar-refractivity contribution is 5.99. The number of benzene rings is 1. The number of carbonyl (C=O) groups excluding carboxylic acids is 1. The van der Waals surface area contributed by atoms with E-state index in [1.54, 1.807) is 0 Å². The average molecular weight is 328 g/mol. The number of hydrogen-bond acceptors (Lipinski definition) is 2. The van der Waals surface area contributed by atoms with Crippen LogP contribution in [0, 0.1) is 13.8 Å². The monoisotopic (exact) mass is 328 g/mol. The van der Waals surface area contributed by atoms with E-state index in [0.29, 0.717) is 24.8 Å². The second-order valence-corrected chi connectivity index (χ2v) is 6.88. The molecule has 1 aromatic heterocycles. The van der Waals surface area contributed by atoms with Gasteiger partial charge in [0.15, 0.2) is 0 Å². The van der Waals surface area contributed by atoms with Gasteiger partial charge in [-0.05, 0) is 50.5 Å². The molecular formula is C20H28N2O2. The van der Waals surface area contributed by atoms with Gasteiger partial charge in [-0.3, -0.25) is 4.79 Å². The smallest absolute Gasteiger partial charge is 0.251 e. The van der Waals surface area contributed by atoms with Crippen molar-refractivity contribution in [2.24, 2.45) is 0 Å². The lowest BCUT2D eigenvalue weighted by Crippen LogP contribution is -2.28. The predicted molar refractivity (Wildman–Crippen MR) is 97.5 cm³/mol. The summed E-state index contributed by atoms with van der Waals surface area (Å²) in [5.74, 6) is -0.0281. The Hall–Kier alpha value is -1.81. The number of aryl methyl sites for hydroxylation is 2. The summed E-state index contributed by atoms with van der Waals surface area (Å²) in [5.41, 5.74) is 4.15. The molecule has 3 rings (SSSR count). The van der Waals surface area contributed by atoms with Gasteiger partial charge in [0.1, 0.15) is 0 Å². The molecule has 0 saturated heterocycles. The van der Waals surface area contributed by atoms with Crippen LogP contribution in [-0.2, 0) is 4.74 Å². The molecule has 0 unspecified atom stereocenters. The van der Waals surface area contributed by atoms with E-state index in [4.69, 9.17) is 4.74 Å². The zero-order valence-corrected chi connectivity index (χ0v) is 14.8. The first-order valence-electron chi connectivity index (χ1n) is 9.14. The van der Waals surface area contributed by atoms with Crippen molar-refractivity contribution in [1.29, 1.82) is 0 Å². The average Bonchev–Trinajstić information content (AvgIpc) is 2.77. The van der Waals surface area contributed by atoms with Crippen LogP contribution in [0.5, 0.6) is 0 Å². The number of hydrogen-bond donors (Lipinski definition) is 2. The van der Waals surface area contributed by atoms with Crippen molar-refractivity contribution in [2.45, 2.75) is 58.5 Å². The molecular weight excluding hydrogens is 300 g/mol. The first kappa shape index (κ1) is 17.0. The van der Waals surface area contributed by atoms with E-state index in [2.05, 4.69) is 24.1 Å². The number of rotatable bonds is 5. The molecule has 24 heavy (non-hydrogen) atoms. The van der Waals surface area contributed by atoms with E-state index in [1.807, 2.05) is 18.2 Å². The summed E-state index contributed by atoms with van der Waals surface area (Å²) in [6.45, 7) is 5.30. The van der Waals surface area contributed by atoms with Gasteiger partial charge in [0.25, 0.3) is 5.91 Å². The summed E-state index contributed by atoms with van der Waals surface area (Å²) in [6, 6.07) is 5.82. The van der Waals surface area contributed by atoms with Crippen molar-refractivity contribution in [3.05, 3.63) is 35.0 Å². The molecule has 0 aliphatic heterocycles. The number of nitrogens with one attached hydrogen (secondary N) is 2. The van der Waals surface area contributed by atoms with Crippen molar-refractivity contribution < 1.29 is 9.53 Å². The lowest BCUT2D eigenvalue weighted by Gasteiger charge is -2.15. The van der Waals surface area contributed by atoms with E-state index in [-0.39, 0.29) is 5.91 Å². The second kappa shape index (κ2) is 7.84. The van der Waals surface area contributed by atoms with Crippen molar-refractivity contribution in [3.63, 3.8) is 0 Å². The number of carbonyl (C=O) groups is 1. The topological polar surface area (TPSA) is 54.1 Å². The fourth-order valence-electron chi connectivity index (χ4n) is 3.50. The Morgan fingerprint density at radius 3 is 2.71 bits per heavy atom. The van der Waals surface area contributed by atoms with Gasteiger partial charge in [-0.25, -0.2) is 0 Å². The van der Waals surface area contributed by atoms with E-state index in [1.165, 1.54) is 31.2 Å². The van der Waals surface area contributed by atoms with E-state index in [9.17, 15) is 4.79 Å². The third kappa shape index (κ3) is 3.99. The molecule has 1 fully saturated rings. The van der Waals surface area contributed by atoms with Crippen LogP contribution in [0.4, 0.5) is 0 Å². The summed E-state index contributed by atoms with van der Waals surface area (Å²) in [7, 11) is 0. The number of H-pyrrole nitrogens is 1. The van der Waals surface area contributed by atoms with Gasteiger partial charge in [0.2, 0.25) is 0 Å². The third-order valence-electron chi connectivity index (χ3n) is 5.11. The van der Waals surface area contributed by atoms with Crippen LogP contribution in [0.1, 0.15) is 60.1 Å². The molecule has 1 saturated carbocycles. The molecule has 0 radical (unpaired) electrons. The molecule has 2 aromatic rings. The van der Waals surface area contributed by atoms with Gasteiger partial charge in [-0.1, -0.05) is 25.7 Å². The predicted octanol–water partition coefficient (Wildman–Crippen LogP) is 4.25. The highest BCUT2D eigenvalue weighted by Gasteiger charge is 2.13. The lowest BCUT2D eigenvalue weighted by molar-refractivity contribution is 0.0442. The molecule has 0 spiro atoms. The van der Waals surface area contributed by atoms with Gasteiger partial charge >= 0.3 is 0 Å². The Morgan fingerprint density at radius 2 is 1.96 bits per heavy atom. The molecule has 0 bridgehead atoms. The van der Waals surface area contributed by atoms with Crippen molar-refractivity contribution in [2.75, 3.05) is 13.2 Å².